The largest absolute Gasteiger partial charge is 0.486 e. The fourth-order valence-electron chi connectivity index (χ4n) is 1.62. The molecule has 0 radical (unpaired) electrons. The number of ether oxygens (including phenoxy) is 1. The zero-order valence-corrected chi connectivity index (χ0v) is 11.4. The Morgan fingerprint density at radius 3 is 2.24 bits per heavy atom. The van der Waals surface area contributed by atoms with E-state index in [-0.39, 0.29) is 19.2 Å². The normalized spacial score (nSPS) is 10.5. The molecule has 21 heavy (non-hydrogen) atoms. The third kappa shape index (κ3) is 3.58. The summed E-state index contributed by atoms with van der Waals surface area (Å²) in [5, 5.41) is 3.33. The Labute approximate surface area is 123 Å². The average molecular weight is 320 g/mol. The third-order valence-electron chi connectivity index (χ3n) is 2.61. The highest BCUT2D eigenvalue weighted by molar-refractivity contribution is 6.33. The molecule has 0 amide bonds. The van der Waals surface area contributed by atoms with Crippen LogP contribution in [0.25, 0.3) is 0 Å². The molecule has 0 saturated carbocycles. The number of benzene rings is 2. The summed E-state index contributed by atoms with van der Waals surface area (Å²) in [6.07, 6.45) is 0. The van der Waals surface area contributed by atoms with Crippen molar-refractivity contribution in [2.24, 2.45) is 0 Å². The van der Waals surface area contributed by atoms with E-state index in [2.05, 4.69) is 5.32 Å². The molecule has 0 aliphatic heterocycles. The molecule has 0 saturated heterocycles. The summed E-state index contributed by atoms with van der Waals surface area (Å²) in [6, 6.07) is 6.97. The summed E-state index contributed by atoms with van der Waals surface area (Å²) in [7, 11) is 0. The van der Waals surface area contributed by atoms with Gasteiger partial charge in [0.1, 0.15) is 6.61 Å². The Kier molecular flexibility index (Phi) is 4.90. The highest BCUT2D eigenvalue weighted by Crippen LogP contribution is 2.26. The van der Waals surface area contributed by atoms with Gasteiger partial charge in [-0.3, -0.25) is 0 Å². The zero-order valence-electron chi connectivity index (χ0n) is 10.6. The van der Waals surface area contributed by atoms with Gasteiger partial charge >= 0.3 is 0 Å². The van der Waals surface area contributed by atoms with Crippen LogP contribution in [0.1, 0.15) is 0 Å². The van der Waals surface area contributed by atoms with Crippen LogP contribution in [0, 0.1) is 23.3 Å². The number of hydrogen-bond acceptors (Lipinski definition) is 2. The third-order valence-corrected chi connectivity index (χ3v) is 2.94. The maximum absolute atomic E-state index is 13.3. The predicted molar refractivity (Wildman–Crippen MR) is 71.7 cm³/mol. The van der Waals surface area contributed by atoms with Crippen LogP contribution in [0.3, 0.4) is 0 Å². The molecule has 1 N–H and O–H groups in total. The van der Waals surface area contributed by atoms with Gasteiger partial charge in [-0.25, -0.2) is 8.78 Å². The van der Waals surface area contributed by atoms with Crippen molar-refractivity contribution in [3.63, 3.8) is 0 Å². The van der Waals surface area contributed by atoms with Crippen molar-refractivity contribution in [1.82, 2.24) is 0 Å². The van der Waals surface area contributed by atoms with Gasteiger partial charge in [0.25, 0.3) is 0 Å². The van der Waals surface area contributed by atoms with Gasteiger partial charge in [0, 0.05) is 12.6 Å². The number of halogens is 5. The molecule has 0 bridgehead atoms. The van der Waals surface area contributed by atoms with Gasteiger partial charge in [0.05, 0.1) is 10.7 Å². The standard InChI is InChI=1S/C14H10ClF4NO/c15-8-3-1-2-4-11(8)20-5-6-21-14-12(18)9(16)7-10(17)13(14)19/h1-4,7,20H,5-6H2. The van der Waals surface area contributed by atoms with E-state index in [1.807, 2.05) is 0 Å². The van der Waals surface area contributed by atoms with E-state index in [4.69, 9.17) is 16.3 Å². The van der Waals surface area contributed by atoms with Crippen molar-refractivity contribution in [2.45, 2.75) is 0 Å². The van der Waals surface area contributed by atoms with Crippen LogP contribution in [0.5, 0.6) is 5.75 Å². The summed E-state index contributed by atoms with van der Waals surface area (Å²) in [4.78, 5) is 0. The first-order chi connectivity index (χ1) is 10.0. The molecule has 0 aromatic heterocycles. The summed E-state index contributed by atoms with van der Waals surface area (Å²) >= 11 is 5.89. The van der Waals surface area contributed by atoms with E-state index in [0.29, 0.717) is 10.7 Å². The first-order valence-corrected chi connectivity index (χ1v) is 6.32. The number of para-hydroxylation sites is 1. The lowest BCUT2D eigenvalue weighted by Gasteiger charge is -2.11. The molecule has 7 heteroatoms. The van der Waals surface area contributed by atoms with Gasteiger partial charge in [-0.2, -0.15) is 8.78 Å². The van der Waals surface area contributed by atoms with E-state index in [0.717, 1.165) is 0 Å². The molecule has 112 valence electrons. The lowest BCUT2D eigenvalue weighted by Crippen LogP contribution is -2.14. The van der Waals surface area contributed by atoms with Crippen LogP contribution in [0.2, 0.25) is 5.02 Å². The van der Waals surface area contributed by atoms with Gasteiger partial charge in [-0.15, -0.1) is 0 Å². The zero-order chi connectivity index (χ0) is 15.4. The van der Waals surface area contributed by atoms with Crippen molar-refractivity contribution in [3.05, 3.63) is 58.6 Å². The number of rotatable bonds is 5. The van der Waals surface area contributed by atoms with E-state index < -0.39 is 29.0 Å². The Morgan fingerprint density at radius 2 is 1.62 bits per heavy atom. The predicted octanol–water partition coefficient (Wildman–Crippen LogP) is 4.39. The Morgan fingerprint density at radius 1 is 1.00 bits per heavy atom. The topological polar surface area (TPSA) is 21.3 Å². The van der Waals surface area contributed by atoms with Gasteiger partial charge < -0.3 is 10.1 Å². The molecule has 0 atom stereocenters. The smallest absolute Gasteiger partial charge is 0.203 e. The molecule has 0 fully saturated rings. The molecule has 0 aliphatic rings. The summed E-state index contributed by atoms with van der Waals surface area (Å²) in [5.41, 5.74) is 0.606. The van der Waals surface area contributed by atoms with Crippen LogP contribution >= 0.6 is 11.6 Å². The van der Waals surface area contributed by atoms with Crippen molar-refractivity contribution in [3.8, 4) is 5.75 Å². The van der Waals surface area contributed by atoms with Crippen molar-refractivity contribution < 1.29 is 22.3 Å². The van der Waals surface area contributed by atoms with Gasteiger partial charge in [-0.05, 0) is 12.1 Å². The Hall–Kier alpha value is -1.95. The lowest BCUT2D eigenvalue weighted by atomic mass is 10.3. The average Bonchev–Trinajstić information content (AvgIpc) is 2.46. The summed E-state index contributed by atoms with van der Waals surface area (Å²) in [5.74, 6) is -7.22. The molecule has 2 nitrogen and oxygen atoms in total. The quantitative estimate of drug-likeness (QED) is 0.501. The van der Waals surface area contributed by atoms with Crippen LogP contribution in [-0.2, 0) is 0 Å². The molecule has 0 unspecified atom stereocenters. The number of anilines is 1. The second kappa shape index (κ2) is 6.67. The Bertz CT molecular complexity index is 625. The minimum absolute atomic E-state index is 0.125. The number of hydrogen-bond donors (Lipinski definition) is 1. The van der Waals surface area contributed by atoms with Crippen LogP contribution < -0.4 is 10.1 Å². The highest BCUT2D eigenvalue weighted by Gasteiger charge is 2.20. The molecule has 2 rings (SSSR count). The minimum atomic E-state index is -1.56. The van der Waals surface area contributed by atoms with Gasteiger partial charge in [0.15, 0.2) is 17.4 Å². The summed E-state index contributed by atoms with van der Waals surface area (Å²) < 4.78 is 57.3. The van der Waals surface area contributed by atoms with Crippen LogP contribution in [-0.4, -0.2) is 13.2 Å². The van der Waals surface area contributed by atoms with Crippen LogP contribution in [0.15, 0.2) is 30.3 Å². The lowest BCUT2D eigenvalue weighted by molar-refractivity contribution is 0.282. The maximum Gasteiger partial charge on any atom is 0.203 e. The molecular weight excluding hydrogens is 310 g/mol. The highest BCUT2D eigenvalue weighted by atomic mass is 35.5. The molecule has 0 spiro atoms. The van der Waals surface area contributed by atoms with Crippen molar-refractivity contribution in [1.29, 1.82) is 0 Å². The molecule has 2 aromatic rings. The second-order valence-electron chi connectivity index (χ2n) is 4.05. The van der Waals surface area contributed by atoms with Gasteiger partial charge in [-0.1, -0.05) is 23.7 Å². The maximum atomic E-state index is 13.3. The molecule has 0 heterocycles. The fourth-order valence-corrected chi connectivity index (χ4v) is 1.82. The van der Waals surface area contributed by atoms with Crippen molar-refractivity contribution in [2.75, 3.05) is 18.5 Å². The Balaban J connectivity index is 1.97. The number of nitrogens with one attached hydrogen (secondary N) is 1. The van der Waals surface area contributed by atoms with E-state index in [9.17, 15) is 17.6 Å². The monoisotopic (exact) mass is 319 g/mol. The van der Waals surface area contributed by atoms with Crippen LogP contribution in [0.4, 0.5) is 23.2 Å². The first-order valence-electron chi connectivity index (χ1n) is 5.95. The van der Waals surface area contributed by atoms with Gasteiger partial charge in [0.2, 0.25) is 11.6 Å². The molecular formula is C14H10ClF4NO. The van der Waals surface area contributed by atoms with E-state index in [1.54, 1.807) is 24.3 Å². The fraction of sp³-hybridized carbons (Fsp3) is 0.143. The van der Waals surface area contributed by atoms with E-state index in [1.165, 1.54) is 0 Å². The minimum Gasteiger partial charge on any atom is -0.486 e. The van der Waals surface area contributed by atoms with Crippen molar-refractivity contribution >= 4 is 17.3 Å². The second-order valence-corrected chi connectivity index (χ2v) is 4.46. The molecule has 0 aliphatic carbocycles. The first kappa shape index (κ1) is 15.4. The molecule has 2 aromatic carbocycles. The van der Waals surface area contributed by atoms with E-state index >= 15 is 0 Å². The SMILES string of the molecule is Fc1cc(F)c(F)c(OCCNc2ccccc2Cl)c1F. The summed E-state index contributed by atoms with van der Waals surface area (Å²) in [6.45, 7) is -0.0668.